The minimum absolute atomic E-state index is 0.00832. The number of aromatic nitrogens is 3. The molecule has 2 aromatic heterocycles. The minimum atomic E-state index is -0.00832. The van der Waals surface area contributed by atoms with Crippen LogP contribution in [0.5, 0.6) is 0 Å². The number of carbonyl (C=O) groups is 1. The van der Waals surface area contributed by atoms with Gasteiger partial charge in [0.05, 0.1) is 22.0 Å². The van der Waals surface area contributed by atoms with Gasteiger partial charge in [-0.2, -0.15) is 5.10 Å². The van der Waals surface area contributed by atoms with E-state index in [0.29, 0.717) is 10.9 Å². The molecule has 1 aromatic carbocycles. The van der Waals surface area contributed by atoms with Crippen molar-refractivity contribution in [3.8, 4) is 0 Å². The summed E-state index contributed by atoms with van der Waals surface area (Å²) in [5, 5.41) is 9.25. The number of para-hydroxylation sites is 1. The van der Waals surface area contributed by atoms with Crippen molar-refractivity contribution in [2.45, 2.75) is 24.8 Å². The Hall–Kier alpha value is -2.54. The molecular weight excluding hydrogens is 346 g/mol. The average molecular weight is 365 g/mol. The Morgan fingerprint density at radius 2 is 1.96 bits per heavy atom. The molecule has 0 spiro atoms. The van der Waals surface area contributed by atoms with E-state index in [0.717, 1.165) is 34.8 Å². The van der Waals surface area contributed by atoms with E-state index in [4.69, 9.17) is 0 Å². The number of likely N-dealkylation sites (N-methyl/N-ethyl adjacent to an activating group) is 1. The molecule has 5 rings (SSSR count). The predicted octanol–water partition coefficient (Wildman–Crippen LogP) is 2.92. The zero-order chi connectivity index (χ0) is 17.7. The fraction of sp³-hybridized carbons (Fsp3) is 0.368. The van der Waals surface area contributed by atoms with E-state index in [-0.39, 0.29) is 11.9 Å². The summed E-state index contributed by atoms with van der Waals surface area (Å²) in [6.45, 7) is 1.56. The summed E-state index contributed by atoms with van der Waals surface area (Å²) in [4.78, 5) is 21.2. The van der Waals surface area contributed by atoms with E-state index in [2.05, 4.69) is 26.1 Å². The third kappa shape index (κ3) is 2.72. The highest BCUT2D eigenvalue weighted by Crippen LogP contribution is 2.39. The first kappa shape index (κ1) is 15.7. The van der Waals surface area contributed by atoms with Crippen LogP contribution in [0, 0.1) is 0 Å². The molecule has 1 amide bonds. The van der Waals surface area contributed by atoms with E-state index >= 15 is 0 Å². The Labute approximate surface area is 155 Å². The summed E-state index contributed by atoms with van der Waals surface area (Å²) in [6.07, 6.45) is 2.47. The van der Waals surface area contributed by atoms with Gasteiger partial charge in [-0.25, -0.2) is 4.98 Å². The molecule has 3 heterocycles. The lowest BCUT2D eigenvalue weighted by molar-refractivity contribution is 0.0705. The minimum Gasteiger partial charge on any atom is -0.351 e. The van der Waals surface area contributed by atoms with Crippen molar-refractivity contribution in [1.29, 1.82) is 0 Å². The Morgan fingerprint density at radius 1 is 1.15 bits per heavy atom. The van der Waals surface area contributed by atoms with Crippen LogP contribution in [0.15, 0.2) is 36.4 Å². The van der Waals surface area contributed by atoms with E-state index in [1.807, 2.05) is 37.4 Å². The van der Waals surface area contributed by atoms with E-state index in [9.17, 15) is 4.79 Å². The molecular formula is C19H19N5OS. The van der Waals surface area contributed by atoms with Crippen LogP contribution in [0.2, 0.25) is 0 Å². The largest absolute Gasteiger partial charge is 0.351 e. The maximum absolute atomic E-state index is 12.7. The molecule has 6 nitrogen and oxygen atoms in total. The third-order valence-corrected chi connectivity index (χ3v) is 6.22. The van der Waals surface area contributed by atoms with Gasteiger partial charge in [0.15, 0.2) is 10.8 Å². The highest BCUT2D eigenvalue weighted by Gasteiger charge is 2.35. The highest BCUT2D eigenvalue weighted by molar-refractivity contribution is 7.20. The van der Waals surface area contributed by atoms with Crippen molar-refractivity contribution in [1.82, 2.24) is 20.1 Å². The Morgan fingerprint density at radius 3 is 2.65 bits per heavy atom. The van der Waals surface area contributed by atoms with Gasteiger partial charge < -0.3 is 9.80 Å². The van der Waals surface area contributed by atoms with Crippen molar-refractivity contribution in [2.24, 2.45) is 0 Å². The van der Waals surface area contributed by atoms with Crippen LogP contribution < -0.4 is 4.90 Å². The number of anilines is 1. The second-order valence-electron chi connectivity index (χ2n) is 7.05. The van der Waals surface area contributed by atoms with Crippen LogP contribution in [0.25, 0.3) is 10.2 Å². The van der Waals surface area contributed by atoms with Gasteiger partial charge in [0.1, 0.15) is 0 Å². The number of thiazole rings is 1. The monoisotopic (exact) mass is 365 g/mol. The molecule has 2 fully saturated rings. The van der Waals surface area contributed by atoms with Gasteiger partial charge in [-0.05, 0) is 37.1 Å². The molecule has 1 aliphatic heterocycles. The van der Waals surface area contributed by atoms with Crippen molar-refractivity contribution in [3.63, 3.8) is 0 Å². The molecule has 0 unspecified atom stereocenters. The van der Waals surface area contributed by atoms with Gasteiger partial charge in [0, 0.05) is 26.1 Å². The molecule has 0 N–H and O–H groups in total. The number of amides is 1. The molecule has 132 valence electrons. The number of carbonyl (C=O) groups excluding carboxylic acids is 1. The zero-order valence-corrected chi connectivity index (χ0v) is 15.3. The van der Waals surface area contributed by atoms with Crippen LogP contribution in [-0.4, -0.2) is 52.2 Å². The number of hydrogen-bond donors (Lipinski definition) is 0. The number of fused-ring (bicyclic) bond motifs is 1. The highest BCUT2D eigenvalue weighted by atomic mass is 32.1. The molecule has 2 aliphatic rings. The van der Waals surface area contributed by atoms with Crippen LogP contribution in [-0.2, 0) is 0 Å². The Kier molecular flexibility index (Phi) is 3.63. The number of benzene rings is 1. The number of hydrogen-bond acceptors (Lipinski definition) is 6. The molecule has 1 saturated heterocycles. The molecule has 3 aromatic rings. The summed E-state index contributed by atoms with van der Waals surface area (Å²) in [6, 6.07) is 12.2. The summed E-state index contributed by atoms with van der Waals surface area (Å²) < 4.78 is 1.05. The maximum Gasteiger partial charge on any atom is 0.282 e. The quantitative estimate of drug-likeness (QED) is 0.711. The SMILES string of the molecule is CN(C(=O)c1nc2ccccc2s1)C1CN(c2ccc(C3CC3)nn2)C1. The molecule has 7 heteroatoms. The second kappa shape index (κ2) is 6.02. The van der Waals surface area contributed by atoms with Gasteiger partial charge in [-0.1, -0.05) is 12.1 Å². The van der Waals surface area contributed by atoms with E-state index < -0.39 is 0 Å². The molecule has 0 atom stereocenters. The Balaban J connectivity index is 1.24. The first-order chi connectivity index (χ1) is 12.7. The van der Waals surface area contributed by atoms with Crippen LogP contribution in [0.4, 0.5) is 5.82 Å². The van der Waals surface area contributed by atoms with Gasteiger partial charge in [-0.15, -0.1) is 16.4 Å². The van der Waals surface area contributed by atoms with Crippen LogP contribution in [0.3, 0.4) is 0 Å². The fourth-order valence-electron chi connectivity index (χ4n) is 3.27. The smallest absolute Gasteiger partial charge is 0.282 e. The van der Waals surface area contributed by atoms with Gasteiger partial charge in [0.25, 0.3) is 5.91 Å². The van der Waals surface area contributed by atoms with Gasteiger partial charge in [-0.3, -0.25) is 4.79 Å². The lowest BCUT2D eigenvalue weighted by Gasteiger charge is -2.44. The summed E-state index contributed by atoms with van der Waals surface area (Å²) >= 11 is 1.45. The molecule has 1 saturated carbocycles. The normalized spacial score (nSPS) is 17.3. The van der Waals surface area contributed by atoms with E-state index in [1.165, 1.54) is 24.2 Å². The number of nitrogens with zero attached hydrogens (tertiary/aromatic N) is 5. The number of rotatable bonds is 4. The van der Waals surface area contributed by atoms with Crippen molar-refractivity contribution in [2.75, 3.05) is 25.0 Å². The summed E-state index contributed by atoms with van der Waals surface area (Å²) in [5.41, 5.74) is 1.99. The van der Waals surface area contributed by atoms with Gasteiger partial charge >= 0.3 is 0 Å². The lowest BCUT2D eigenvalue weighted by atomic mass is 10.1. The molecule has 0 bridgehead atoms. The lowest BCUT2D eigenvalue weighted by Crippen LogP contribution is -2.60. The molecule has 0 radical (unpaired) electrons. The van der Waals surface area contributed by atoms with Gasteiger partial charge in [0.2, 0.25) is 0 Å². The molecule has 1 aliphatic carbocycles. The summed E-state index contributed by atoms with van der Waals surface area (Å²) in [7, 11) is 1.86. The van der Waals surface area contributed by atoms with Crippen LogP contribution >= 0.6 is 11.3 Å². The molecule has 26 heavy (non-hydrogen) atoms. The van der Waals surface area contributed by atoms with Crippen molar-refractivity contribution in [3.05, 3.63) is 47.1 Å². The fourth-order valence-corrected chi connectivity index (χ4v) is 4.22. The second-order valence-corrected chi connectivity index (χ2v) is 8.08. The third-order valence-electron chi connectivity index (χ3n) is 5.20. The maximum atomic E-state index is 12.7. The average Bonchev–Trinajstić information content (AvgIpc) is 3.38. The van der Waals surface area contributed by atoms with E-state index in [1.54, 1.807) is 4.90 Å². The predicted molar refractivity (Wildman–Crippen MR) is 102 cm³/mol. The Bertz CT molecular complexity index is 926. The topological polar surface area (TPSA) is 62.2 Å². The first-order valence-corrected chi connectivity index (χ1v) is 9.72. The summed E-state index contributed by atoms with van der Waals surface area (Å²) in [5.74, 6) is 1.51. The zero-order valence-electron chi connectivity index (χ0n) is 14.5. The van der Waals surface area contributed by atoms with Crippen molar-refractivity contribution >= 4 is 33.3 Å². The first-order valence-electron chi connectivity index (χ1n) is 8.90. The van der Waals surface area contributed by atoms with Crippen molar-refractivity contribution < 1.29 is 4.79 Å². The standard InChI is InChI=1S/C19H19N5OS/c1-23(19(25)18-20-15-4-2-3-5-16(15)26-18)13-10-24(11-13)17-9-8-14(21-22-17)12-6-7-12/h2-5,8-9,12-13H,6-7,10-11H2,1H3. The van der Waals surface area contributed by atoms with Crippen LogP contribution in [0.1, 0.15) is 34.3 Å².